The fourth-order valence-corrected chi connectivity index (χ4v) is 3.12. The zero-order chi connectivity index (χ0) is 9.20. The van der Waals surface area contributed by atoms with Crippen LogP contribution in [0.4, 0.5) is 0 Å². The maximum absolute atomic E-state index is 10.2. The van der Waals surface area contributed by atoms with Crippen molar-refractivity contribution in [2.75, 3.05) is 0 Å². The summed E-state index contributed by atoms with van der Waals surface area (Å²) in [4.78, 5) is 0. The van der Waals surface area contributed by atoms with E-state index in [0.29, 0.717) is 5.92 Å². The van der Waals surface area contributed by atoms with E-state index < -0.39 is 11.2 Å². The topological polar surface area (TPSA) is 40.5 Å². The Kier molecular flexibility index (Phi) is 2.39. The van der Waals surface area contributed by atoms with Crippen LogP contribution in [-0.4, -0.2) is 21.4 Å². The lowest BCUT2D eigenvalue weighted by Crippen LogP contribution is -2.74. The lowest BCUT2D eigenvalue weighted by molar-refractivity contribution is -0.312. The van der Waals surface area contributed by atoms with Gasteiger partial charge >= 0.3 is 0 Å². The Morgan fingerprint density at radius 2 is 1.69 bits per heavy atom. The molecule has 0 aromatic heterocycles. The molecule has 3 heteroatoms. The molecular weight excluding hydrogens is 232 g/mol. The highest BCUT2D eigenvalue weighted by molar-refractivity contribution is 8.93. The molecule has 3 unspecified atom stereocenters. The van der Waals surface area contributed by atoms with Crippen LogP contribution < -0.4 is 0 Å². The van der Waals surface area contributed by atoms with E-state index in [0.717, 1.165) is 19.3 Å². The van der Waals surface area contributed by atoms with Gasteiger partial charge in [0.1, 0.15) is 0 Å². The van der Waals surface area contributed by atoms with Crippen molar-refractivity contribution in [1.82, 2.24) is 0 Å². The van der Waals surface area contributed by atoms with Crippen LogP contribution in [0.1, 0.15) is 40.0 Å². The van der Waals surface area contributed by atoms with E-state index in [4.69, 9.17) is 0 Å². The molecule has 3 rings (SSSR count). The molecule has 2 bridgehead atoms. The molecule has 2 N–H and O–H groups in total. The first kappa shape index (κ1) is 11.5. The van der Waals surface area contributed by atoms with Crippen LogP contribution in [-0.2, 0) is 0 Å². The van der Waals surface area contributed by atoms with Gasteiger partial charge in [0.2, 0.25) is 0 Å². The van der Waals surface area contributed by atoms with Crippen molar-refractivity contribution in [2.45, 2.75) is 51.2 Å². The quantitative estimate of drug-likeness (QED) is 0.690. The molecule has 13 heavy (non-hydrogen) atoms. The minimum Gasteiger partial charge on any atom is -0.387 e. The Morgan fingerprint density at radius 1 is 1.15 bits per heavy atom. The van der Waals surface area contributed by atoms with E-state index >= 15 is 0 Å². The van der Waals surface area contributed by atoms with Crippen LogP contribution in [0.2, 0.25) is 0 Å². The molecule has 0 aromatic carbocycles. The average Bonchev–Trinajstić information content (AvgIpc) is 1.94. The molecule has 3 fully saturated rings. The van der Waals surface area contributed by atoms with Gasteiger partial charge < -0.3 is 10.2 Å². The zero-order valence-electron chi connectivity index (χ0n) is 8.50. The maximum atomic E-state index is 10.2. The Labute approximate surface area is 90.1 Å². The minimum absolute atomic E-state index is 0. The number of halogens is 1. The first-order valence-electron chi connectivity index (χ1n) is 4.76. The molecule has 3 saturated carbocycles. The smallest absolute Gasteiger partial charge is 0.0986 e. The molecule has 2 nitrogen and oxygen atoms in total. The SMILES string of the molecule is Br.CC1(O)CCC2CC1(O)C2(C)C. The van der Waals surface area contributed by atoms with Crippen LogP contribution in [0.15, 0.2) is 0 Å². The van der Waals surface area contributed by atoms with E-state index in [9.17, 15) is 10.2 Å². The van der Waals surface area contributed by atoms with Gasteiger partial charge in [-0.3, -0.25) is 0 Å². The van der Waals surface area contributed by atoms with Crippen molar-refractivity contribution in [2.24, 2.45) is 11.3 Å². The number of rotatable bonds is 0. The number of aliphatic hydroxyl groups is 2. The molecule has 0 spiro atoms. The summed E-state index contributed by atoms with van der Waals surface area (Å²) in [5.41, 5.74) is -1.79. The summed E-state index contributed by atoms with van der Waals surface area (Å²) >= 11 is 0. The predicted molar refractivity (Wildman–Crippen MR) is 57.0 cm³/mol. The van der Waals surface area contributed by atoms with Gasteiger partial charge in [0, 0.05) is 0 Å². The summed E-state index contributed by atoms with van der Waals surface area (Å²) in [5, 5.41) is 20.3. The zero-order valence-corrected chi connectivity index (χ0v) is 10.2. The highest BCUT2D eigenvalue weighted by Crippen LogP contribution is 2.65. The Bertz CT molecular complexity index is 215. The van der Waals surface area contributed by atoms with E-state index in [-0.39, 0.29) is 22.4 Å². The van der Waals surface area contributed by atoms with Crippen LogP contribution in [0.25, 0.3) is 0 Å². The van der Waals surface area contributed by atoms with Crippen LogP contribution >= 0.6 is 17.0 Å². The minimum atomic E-state index is -0.870. The molecular formula is C10H19BrO2. The lowest BCUT2D eigenvalue weighted by Gasteiger charge is -2.68. The summed E-state index contributed by atoms with van der Waals surface area (Å²) in [6, 6.07) is 0. The van der Waals surface area contributed by atoms with Gasteiger partial charge in [-0.15, -0.1) is 17.0 Å². The molecule has 0 radical (unpaired) electrons. The third-order valence-corrected chi connectivity index (χ3v) is 4.50. The lowest BCUT2D eigenvalue weighted by atomic mass is 9.41. The number of fused-ring (bicyclic) bond motifs is 2. The second kappa shape index (κ2) is 2.71. The summed E-state index contributed by atoms with van der Waals surface area (Å²) < 4.78 is 0. The molecule has 3 aliphatic rings. The summed E-state index contributed by atoms with van der Waals surface area (Å²) in [6.45, 7) is 5.90. The Balaban J connectivity index is 0.000000845. The molecule has 0 aromatic rings. The first-order chi connectivity index (χ1) is 5.31. The average molecular weight is 251 g/mol. The van der Waals surface area contributed by atoms with Crippen LogP contribution in [0, 0.1) is 11.3 Å². The van der Waals surface area contributed by atoms with Crippen molar-refractivity contribution < 1.29 is 10.2 Å². The fraction of sp³-hybridized carbons (Fsp3) is 1.00. The first-order valence-corrected chi connectivity index (χ1v) is 4.76. The molecule has 3 aliphatic carbocycles. The molecule has 0 heterocycles. The van der Waals surface area contributed by atoms with Gasteiger partial charge in [-0.2, -0.15) is 0 Å². The van der Waals surface area contributed by atoms with Crippen molar-refractivity contribution in [3.8, 4) is 0 Å². The van der Waals surface area contributed by atoms with Gasteiger partial charge in [-0.05, 0) is 37.5 Å². The third-order valence-electron chi connectivity index (χ3n) is 4.50. The fourth-order valence-electron chi connectivity index (χ4n) is 3.12. The third kappa shape index (κ3) is 1.07. The van der Waals surface area contributed by atoms with Crippen molar-refractivity contribution >= 4 is 17.0 Å². The summed E-state index contributed by atoms with van der Waals surface area (Å²) in [6.07, 6.45) is 2.59. The van der Waals surface area contributed by atoms with E-state index in [1.807, 2.05) is 0 Å². The van der Waals surface area contributed by atoms with Crippen LogP contribution in [0.5, 0.6) is 0 Å². The summed E-state index contributed by atoms with van der Waals surface area (Å²) in [7, 11) is 0. The summed E-state index contributed by atoms with van der Waals surface area (Å²) in [5.74, 6) is 0.614. The molecule has 78 valence electrons. The van der Waals surface area contributed by atoms with E-state index in [2.05, 4.69) is 13.8 Å². The van der Waals surface area contributed by atoms with E-state index in [1.54, 1.807) is 6.92 Å². The highest BCUT2D eigenvalue weighted by atomic mass is 79.9. The van der Waals surface area contributed by atoms with Gasteiger partial charge in [0.25, 0.3) is 0 Å². The number of hydrogen-bond donors (Lipinski definition) is 2. The predicted octanol–water partition coefficient (Wildman–Crippen LogP) is 1.89. The van der Waals surface area contributed by atoms with Gasteiger partial charge in [0.05, 0.1) is 11.2 Å². The Hall–Kier alpha value is 0.400. The van der Waals surface area contributed by atoms with E-state index in [1.165, 1.54) is 0 Å². The normalized spacial score (nSPS) is 51.9. The largest absolute Gasteiger partial charge is 0.387 e. The monoisotopic (exact) mass is 250 g/mol. The molecule has 3 atom stereocenters. The maximum Gasteiger partial charge on any atom is 0.0986 e. The second-order valence-corrected chi connectivity index (χ2v) is 5.30. The number of hydrogen-bond acceptors (Lipinski definition) is 2. The molecule has 0 amide bonds. The van der Waals surface area contributed by atoms with Gasteiger partial charge in [-0.25, -0.2) is 0 Å². The van der Waals surface area contributed by atoms with Crippen molar-refractivity contribution in [3.05, 3.63) is 0 Å². The van der Waals surface area contributed by atoms with Crippen LogP contribution in [0.3, 0.4) is 0 Å². The van der Waals surface area contributed by atoms with Gasteiger partial charge in [-0.1, -0.05) is 13.8 Å². The molecule has 0 aliphatic heterocycles. The van der Waals surface area contributed by atoms with Crippen molar-refractivity contribution in [3.63, 3.8) is 0 Å². The second-order valence-electron chi connectivity index (χ2n) is 5.30. The highest BCUT2D eigenvalue weighted by Gasteiger charge is 2.69. The van der Waals surface area contributed by atoms with Gasteiger partial charge in [0.15, 0.2) is 0 Å². The molecule has 0 saturated heterocycles. The Morgan fingerprint density at radius 3 is 2.00 bits per heavy atom. The standard InChI is InChI=1S/C10H18O2.BrH/c1-8(2)7-4-5-9(3,11)10(8,12)6-7;/h7,11-12H,4-6H2,1-3H3;1H. The van der Waals surface area contributed by atoms with Crippen molar-refractivity contribution in [1.29, 1.82) is 0 Å².